The number of aryl methyl sites for hydroxylation is 1. The minimum Gasteiger partial charge on any atom is -0.323 e. The number of halogens is 1. The number of hydrogen-bond acceptors (Lipinski definition) is 5. The topological polar surface area (TPSA) is 67.8 Å². The van der Waals surface area contributed by atoms with Crippen LogP contribution in [-0.2, 0) is 4.79 Å². The van der Waals surface area contributed by atoms with Crippen molar-refractivity contribution in [3.63, 3.8) is 0 Å². The van der Waals surface area contributed by atoms with Crippen molar-refractivity contribution >= 4 is 23.4 Å². The van der Waals surface area contributed by atoms with Gasteiger partial charge in [0.2, 0.25) is 11.1 Å². The molecule has 0 spiro atoms. The number of rotatable bonds is 6. The average molecular weight is 431 g/mol. The van der Waals surface area contributed by atoms with Gasteiger partial charge in [-0.3, -0.25) is 4.79 Å². The smallest absolute Gasteiger partial charge is 0.234 e. The molecular formula is C24H19FN4OS. The van der Waals surface area contributed by atoms with Gasteiger partial charge in [-0.25, -0.2) is 9.37 Å². The molecule has 0 saturated heterocycles. The number of nitrogens with zero attached hydrogens (tertiary/aromatic N) is 3. The number of aromatic nitrogens is 3. The molecule has 0 fully saturated rings. The van der Waals surface area contributed by atoms with Crippen LogP contribution in [0.1, 0.15) is 5.56 Å². The highest BCUT2D eigenvalue weighted by molar-refractivity contribution is 7.99. The van der Waals surface area contributed by atoms with E-state index < -0.39 is 5.82 Å². The number of amides is 1. The molecule has 5 nitrogen and oxygen atoms in total. The minimum atomic E-state index is -0.463. The van der Waals surface area contributed by atoms with Crippen molar-refractivity contribution in [1.29, 1.82) is 0 Å². The molecule has 1 heterocycles. The lowest BCUT2D eigenvalue weighted by molar-refractivity contribution is -0.113. The van der Waals surface area contributed by atoms with Crippen molar-refractivity contribution in [3.05, 3.63) is 90.2 Å². The molecule has 1 N–H and O–H groups in total. The number of carbonyl (C=O) groups is 1. The van der Waals surface area contributed by atoms with Crippen molar-refractivity contribution in [3.8, 4) is 22.5 Å². The summed E-state index contributed by atoms with van der Waals surface area (Å²) in [6.45, 7) is 1.79. The normalized spacial score (nSPS) is 10.6. The summed E-state index contributed by atoms with van der Waals surface area (Å²) in [7, 11) is 0. The lowest BCUT2D eigenvalue weighted by Gasteiger charge is -2.10. The monoisotopic (exact) mass is 430 g/mol. The second kappa shape index (κ2) is 9.49. The van der Waals surface area contributed by atoms with Crippen LogP contribution in [0.25, 0.3) is 22.5 Å². The first-order valence-electron chi connectivity index (χ1n) is 9.64. The third kappa shape index (κ3) is 5.13. The average Bonchev–Trinajstić information content (AvgIpc) is 2.80. The SMILES string of the molecule is Cc1ccc(NC(=O)CSc2nnc(-c3ccccc3)c(-c3ccccc3)n2)c(F)c1. The summed E-state index contributed by atoms with van der Waals surface area (Å²) < 4.78 is 14.0. The Balaban J connectivity index is 1.54. The van der Waals surface area contributed by atoms with Gasteiger partial charge >= 0.3 is 0 Å². The van der Waals surface area contributed by atoms with Crippen molar-refractivity contribution in [1.82, 2.24) is 15.2 Å². The summed E-state index contributed by atoms with van der Waals surface area (Å²) >= 11 is 1.15. The van der Waals surface area contributed by atoms with Crippen molar-refractivity contribution in [2.75, 3.05) is 11.1 Å². The van der Waals surface area contributed by atoms with E-state index in [0.717, 1.165) is 28.5 Å². The summed E-state index contributed by atoms with van der Waals surface area (Å²) in [6, 6.07) is 24.1. The van der Waals surface area contributed by atoms with E-state index in [9.17, 15) is 9.18 Å². The number of thioether (sulfide) groups is 1. The lowest BCUT2D eigenvalue weighted by Crippen LogP contribution is -2.15. The van der Waals surface area contributed by atoms with Crippen LogP contribution in [0.4, 0.5) is 10.1 Å². The van der Waals surface area contributed by atoms with E-state index in [-0.39, 0.29) is 17.3 Å². The van der Waals surface area contributed by atoms with Crippen molar-refractivity contribution in [2.24, 2.45) is 0 Å². The van der Waals surface area contributed by atoms with E-state index in [1.54, 1.807) is 19.1 Å². The first-order chi connectivity index (χ1) is 15.1. The fourth-order valence-electron chi connectivity index (χ4n) is 3.00. The van der Waals surface area contributed by atoms with Crippen LogP contribution in [0.3, 0.4) is 0 Å². The standard InChI is InChI=1S/C24H19FN4OS/c1-16-12-13-20(19(25)14-16)26-21(30)15-31-24-27-22(17-8-4-2-5-9-17)23(28-29-24)18-10-6-3-7-11-18/h2-14H,15H2,1H3,(H,26,30). The van der Waals surface area contributed by atoms with Crippen LogP contribution in [-0.4, -0.2) is 26.8 Å². The molecule has 0 unspecified atom stereocenters. The fourth-order valence-corrected chi connectivity index (χ4v) is 3.58. The van der Waals surface area contributed by atoms with Crippen LogP contribution in [0.2, 0.25) is 0 Å². The number of carbonyl (C=O) groups excluding carboxylic acids is 1. The Kier molecular flexibility index (Phi) is 6.33. The van der Waals surface area contributed by atoms with Gasteiger partial charge in [0.25, 0.3) is 0 Å². The first-order valence-corrected chi connectivity index (χ1v) is 10.6. The van der Waals surface area contributed by atoms with Crippen LogP contribution >= 0.6 is 11.8 Å². The molecule has 0 bridgehead atoms. The summed E-state index contributed by atoms with van der Waals surface area (Å²) in [4.78, 5) is 17.0. The van der Waals surface area contributed by atoms with E-state index in [1.165, 1.54) is 6.07 Å². The second-order valence-corrected chi connectivity index (χ2v) is 7.79. The highest BCUT2D eigenvalue weighted by atomic mass is 32.2. The lowest BCUT2D eigenvalue weighted by atomic mass is 10.0. The quantitative estimate of drug-likeness (QED) is 0.416. The molecular weight excluding hydrogens is 411 g/mol. The number of hydrogen-bond donors (Lipinski definition) is 1. The largest absolute Gasteiger partial charge is 0.323 e. The van der Waals surface area contributed by atoms with Gasteiger partial charge in [0, 0.05) is 11.1 Å². The number of anilines is 1. The molecule has 1 amide bonds. The van der Waals surface area contributed by atoms with Gasteiger partial charge < -0.3 is 5.32 Å². The molecule has 0 atom stereocenters. The van der Waals surface area contributed by atoms with Crippen molar-refractivity contribution < 1.29 is 9.18 Å². The van der Waals surface area contributed by atoms with E-state index >= 15 is 0 Å². The molecule has 0 aliphatic carbocycles. The van der Waals surface area contributed by atoms with Gasteiger partial charge in [0.05, 0.1) is 11.4 Å². The molecule has 154 valence electrons. The Hall–Kier alpha value is -3.58. The summed E-state index contributed by atoms with van der Waals surface area (Å²) in [5, 5.41) is 11.5. The Morgan fingerprint density at radius 3 is 2.19 bits per heavy atom. The molecule has 0 radical (unpaired) electrons. The van der Waals surface area contributed by atoms with Gasteiger partial charge in [-0.1, -0.05) is 78.5 Å². The molecule has 31 heavy (non-hydrogen) atoms. The molecule has 4 rings (SSSR count). The third-order valence-electron chi connectivity index (χ3n) is 4.49. The van der Waals surface area contributed by atoms with E-state index in [0.29, 0.717) is 16.5 Å². The highest BCUT2D eigenvalue weighted by Gasteiger charge is 2.15. The van der Waals surface area contributed by atoms with Gasteiger partial charge in [-0.2, -0.15) is 0 Å². The molecule has 3 aromatic carbocycles. The Labute approximate surface area is 183 Å². The molecule has 0 saturated carbocycles. The maximum atomic E-state index is 14.0. The highest BCUT2D eigenvalue weighted by Crippen LogP contribution is 2.29. The number of nitrogens with one attached hydrogen (secondary N) is 1. The zero-order valence-electron chi connectivity index (χ0n) is 16.7. The van der Waals surface area contributed by atoms with Gasteiger partial charge in [-0.05, 0) is 24.6 Å². The first kappa shape index (κ1) is 20.7. The second-order valence-electron chi connectivity index (χ2n) is 6.84. The molecule has 7 heteroatoms. The predicted molar refractivity (Wildman–Crippen MR) is 121 cm³/mol. The molecule has 0 aliphatic heterocycles. The van der Waals surface area contributed by atoms with E-state index in [1.807, 2.05) is 60.7 Å². The van der Waals surface area contributed by atoms with E-state index in [4.69, 9.17) is 0 Å². The summed E-state index contributed by atoms with van der Waals surface area (Å²) in [6.07, 6.45) is 0. The Morgan fingerprint density at radius 1 is 0.903 bits per heavy atom. The Morgan fingerprint density at radius 2 is 1.55 bits per heavy atom. The predicted octanol–water partition coefficient (Wildman–Crippen LogP) is 5.38. The van der Waals surface area contributed by atoms with Crippen molar-refractivity contribution in [2.45, 2.75) is 12.1 Å². The van der Waals surface area contributed by atoms with Crippen LogP contribution < -0.4 is 5.32 Å². The van der Waals surface area contributed by atoms with Gasteiger partial charge in [0.1, 0.15) is 17.2 Å². The third-order valence-corrected chi connectivity index (χ3v) is 5.33. The maximum absolute atomic E-state index is 14.0. The van der Waals surface area contributed by atoms with Gasteiger partial charge in [0.15, 0.2) is 0 Å². The fraction of sp³-hybridized carbons (Fsp3) is 0.0833. The number of benzene rings is 3. The minimum absolute atomic E-state index is 0.0356. The van der Waals surface area contributed by atoms with Crippen LogP contribution in [0.5, 0.6) is 0 Å². The van der Waals surface area contributed by atoms with Crippen LogP contribution in [0, 0.1) is 12.7 Å². The molecule has 0 aliphatic rings. The van der Waals surface area contributed by atoms with Gasteiger partial charge in [-0.15, -0.1) is 10.2 Å². The zero-order valence-corrected chi connectivity index (χ0v) is 17.6. The molecule has 4 aromatic rings. The Bertz CT molecular complexity index is 1200. The maximum Gasteiger partial charge on any atom is 0.234 e. The molecule has 1 aromatic heterocycles. The van der Waals surface area contributed by atoms with E-state index in [2.05, 4.69) is 20.5 Å². The summed E-state index contributed by atoms with van der Waals surface area (Å²) in [5.74, 6) is -0.770. The van der Waals surface area contributed by atoms with Crippen LogP contribution in [0.15, 0.2) is 84.0 Å². The zero-order chi connectivity index (χ0) is 21.6. The summed E-state index contributed by atoms with van der Waals surface area (Å²) in [5.41, 5.74) is 4.11.